The van der Waals surface area contributed by atoms with Gasteiger partial charge in [-0.3, -0.25) is 10.4 Å². The summed E-state index contributed by atoms with van der Waals surface area (Å²) in [6.07, 6.45) is 7.14. The Hall–Kier alpha value is -4.65. The van der Waals surface area contributed by atoms with Crippen LogP contribution in [-0.2, 0) is 6.54 Å². The molecule has 3 aromatic heterocycles. The highest BCUT2D eigenvalue weighted by Crippen LogP contribution is 2.31. The van der Waals surface area contributed by atoms with Gasteiger partial charge in [-0.2, -0.15) is 0 Å². The standard InChI is InChI=1S/C28H25N5O2/c1-20-18-22(7-10-25(20)34-17-16-33-15-14-30-19-33)27-12-11-26(35-27)21-5-8-23(9-6-21)32-28(29)24-4-2-3-13-31-24/h2-15,18-19H,16-17H2,1H3,(H2,29,32). The maximum Gasteiger partial charge on any atom is 0.148 e. The van der Waals surface area contributed by atoms with Crippen molar-refractivity contribution >= 4 is 11.5 Å². The lowest BCUT2D eigenvalue weighted by Crippen LogP contribution is -2.13. The zero-order valence-corrected chi connectivity index (χ0v) is 19.3. The second-order valence-electron chi connectivity index (χ2n) is 8.09. The molecule has 0 aliphatic heterocycles. The molecule has 5 aromatic rings. The largest absolute Gasteiger partial charge is 0.491 e. The van der Waals surface area contributed by atoms with E-state index < -0.39 is 0 Å². The Morgan fingerprint density at radius 3 is 2.49 bits per heavy atom. The fourth-order valence-electron chi connectivity index (χ4n) is 3.73. The molecule has 2 N–H and O–H groups in total. The summed E-state index contributed by atoms with van der Waals surface area (Å²) in [5.74, 6) is 2.69. The molecule has 7 nitrogen and oxygen atoms in total. The first-order valence-corrected chi connectivity index (χ1v) is 11.3. The third-order valence-electron chi connectivity index (χ3n) is 5.59. The van der Waals surface area contributed by atoms with Gasteiger partial charge in [-0.05, 0) is 79.2 Å². The molecule has 0 unspecified atom stereocenters. The molecule has 0 amide bonds. The Labute approximate surface area is 203 Å². The minimum atomic E-state index is 0.253. The molecule has 0 aliphatic rings. The Morgan fingerprint density at radius 1 is 0.971 bits per heavy atom. The lowest BCUT2D eigenvalue weighted by molar-refractivity contribution is 0.296. The molecule has 0 fully saturated rings. The molecule has 2 aromatic carbocycles. The number of nitrogens with zero attached hydrogens (tertiary/aromatic N) is 3. The molecule has 0 saturated heterocycles. The molecule has 3 heterocycles. The van der Waals surface area contributed by atoms with E-state index in [0.29, 0.717) is 12.3 Å². The molecule has 0 spiro atoms. The molecular weight excluding hydrogens is 438 g/mol. The summed E-state index contributed by atoms with van der Waals surface area (Å²) in [4.78, 5) is 8.24. The minimum absolute atomic E-state index is 0.253. The zero-order chi connectivity index (χ0) is 24.0. The average molecular weight is 464 g/mol. The van der Waals surface area contributed by atoms with Crippen molar-refractivity contribution in [2.75, 3.05) is 11.9 Å². The van der Waals surface area contributed by atoms with Crippen LogP contribution in [0.15, 0.2) is 102 Å². The number of amidine groups is 1. The number of aryl methyl sites for hydroxylation is 1. The summed E-state index contributed by atoms with van der Waals surface area (Å²) in [6, 6.07) is 23.3. The number of imidazole rings is 1. The first-order chi connectivity index (χ1) is 17.2. The number of ether oxygens (including phenoxy) is 1. The smallest absolute Gasteiger partial charge is 0.148 e. The lowest BCUT2D eigenvalue weighted by atomic mass is 10.1. The molecule has 35 heavy (non-hydrogen) atoms. The first kappa shape index (κ1) is 22.2. The Bertz CT molecular complexity index is 1410. The van der Waals surface area contributed by atoms with E-state index in [-0.39, 0.29) is 5.84 Å². The number of nitrogens with one attached hydrogen (secondary N) is 2. The first-order valence-electron chi connectivity index (χ1n) is 11.3. The van der Waals surface area contributed by atoms with Crippen LogP contribution in [0.5, 0.6) is 5.75 Å². The van der Waals surface area contributed by atoms with Crippen molar-refractivity contribution in [3.63, 3.8) is 0 Å². The lowest BCUT2D eigenvalue weighted by Gasteiger charge is -2.10. The summed E-state index contributed by atoms with van der Waals surface area (Å²) in [5, 5.41) is 11.3. The van der Waals surface area contributed by atoms with Crippen molar-refractivity contribution in [2.24, 2.45) is 0 Å². The van der Waals surface area contributed by atoms with Gasteiger partial charge in [0, 0.05) is 35.4 Å². The van der Waals surface area contributed by atoms with Crippen LogP contribution in [0.1, 0.15) is 11.3 Å². The zero-order valence-electron chi connectivity index (χ0n) is 19.3. The van der Waals surface area contributed by atoms with Crippen molar-refractivity contribution in [3.8, 4) is 28.4 Å². The molecule has 7 heteroatoms. The molecule has 0 bridgehead atoms. The topological polar surface area (TPSA) is 89.0 Å². The van der Waals surface area contributed by atoms with E-state index in [1.54, 1.807) is 24.8 Å². The third-order valence-corrected chi connectivity index (χ3v) is 5.59. The number of anilines is 1. The number of benzene rings is 2. The van der Waals surface area contributed by atoms with Gasteiger partial charge < -0.3 is 19.0 Å². The monoisotopic (exact) mass is 463 g/mol. The van der Waals surface area contributed by atoms with Crippen molar-refractivity contribution < 1.29 is 9.15 Å². The van der Waals surface area contributed by atoms with Gasteiger partial charge in [-0.25, -0.2) is 4.98 Å². The quantitative estimate of drug-likeness (QED) is 0.217. The van der Waals surface area contributed by atoms with Crippen LogP contribution in [0, 0.1) is 12.3 Å². The number of aromatic nitrogens is 3. The van der Waals surface area contributed by atoms with Crippen LogP contribution in [0.3, 0.4) is 0 Å². The highest BCUT2D eigenvalue weighted by molar-refractivity contribution is 6.04. The van der Waals surface area contributed by atoms with E-state index >= 15 is 0 Å². The highest BCUT2D eigenvalue weighted by Gasteiger charge is 2.10. The van der Waals surface area contributed by atoms with E-state index in [4.69, 9.17) is 14.6 Å². The molecule has 0 radical (unpaired) electrons. The second kappa shape index (κ2) is 10.1. The number of hydrogen-bond donors (Lipinski definition) is 2. The fraction of sp³-hybridized carbons (Fsp3) is 0.107. The van der Waals surface area contributed by atoms with Crippen LogP contribution in [0.4, 0.5) is 5.69 Å². The van der Waals surface area contributed by atoms with Crippen LogP contribution in [-0.4, -0.2) is 27.0 Å². The van der Waals surface area contributed by atoms with E-state index in [1.807, 2.05) is 78.4 Å². The number of furan rings is 1. The van der Waals surface area contributed by atoms with Gasteiger partial charge in [0.2, 0.25) is 0 Å². The number of pyridine rings is 1. The van der Waals surface area contributed by atoms with E-state index in [1.165, 1.54) is 0 Å². The second-order valence-corrected chi connectivity index (χ2v) is 8.09. The van der Waals surface area contributed by atoms with E-state index in [2.05, 4.69) is 21.4 Å². The molecule has 0 atom stereocenters. The third kappa shape index (κ3) is 5.30. The van der Waals surface area contributed by atoms with Gasteiger partial charge in [0.1, 0.15) is 35.4 Å². The molecule has 174 valence electrons. The van der Waals surface area contributed by atoms with Crippen molar-refractivity contribution in [1.29, 1.82) is 5.41 Å². The SMILES string of the molecule is Cc1cc(-c2ccc(-c3ccc(NC(=N)c4ccccn4)cc3)o2)ccc1OCCn1ccnc1. The molecular formula is C28H25N5O2. The Morgan fingerprint density at radius 2 is 1.77 bits per heavy atom. The van der Waals surface area contributed by atoms with Crippen molar-refractivity contribution in [3.05, 3.63) is 109 Å². The average Bonchev–Trinajstić information content (AvgIpc) is 3.59. The van der Waals surface area contributed by atoms with Crippen LogP contribution in [0.25, 0.3) is 22.6 Å². The highest BCUT2D eigenvalue weighted by atomic mass is 16.5. The van der Waals surface area contributed by atoms with Crippen molar-refractivity contribution in [2.45, 2.75) is 13.5 Å². The molecule has 0 aliphatic carbocycles. The number of rotatable bonds is 8. The summed E-state index contributed by atoms with van der Waals surface area (Å²) in [7, 11) is 0. The van der Waals surface area contributed by atoms with Gasteiger partial charge in [0.25, 0.3) is 0 Å². The van der Waals surface area contributed by atoms with Crippen LogP contribution < -0.4 is 10.1 Å². The maximum absolute atomic E-state index is 8.18. The van der Waals surface area contributed by atoms with Gasteiger partial charge in [-0.15, -0.1) is 0 Å². The molecule has 0 saturated carbocycles. The predicted molar refractivity (Wildman–Crippen MR) is 137 cm³/mol. The summed E-state index contributed by atoms with van der Waals surface area (Å²) < 4.78 is 14.1. The van der Waals surface area contributed by atoms with Crippen LogP contribution >= 0.6 is 0 Å². The van der Waals surface area contributed by atoms with Crippen LogP contribution in [0.2, 0.25) is 0 Å². The maximum atomic E-state index is 8.18. The summed E-state index contributed by atoms with van der Waals surface area (Å²) in [6.45, 7) is 3.36. The van der Waals surface area contributed by atoms with Crippen molar-refractivity contribution in [1.82, 2.24) is 14.5 Å². The number of hydrogen-bond acceptors (Lipinski definition) is 5. The molecule has 5 rings (SSSR count). The van der Waals surface area contributed by atoms with Gasteiger partial charge in [0.05, 0.1) is 12.9 Å². The Balaban J connectivity index is 1.23. The Kier molecular flexibility index (Phi) is 6.39. The van der Waals surface area contributed by atoms with E-state index in [0.717, 1.165) is 46.2 Å². The normalized spacial score (nSPS) is 10.8. The van der Waals surface area contributed by atoms with Gasteiger partial charge in [0.15, 0.2) is 0 Å². The summed E-state index contributed by atoms with van der Waals surface area (Å²) >= 11 is 0. The summed E-state index contributed by atoms with van der Waals surface area (Å²) in [5.41, 5.74) is 4.42. The minimum Gasteiger partial charge on any atom is -0.491 e. The van der Waals surface area contributed by atoms with Gasteiger partial charge >= 0.3 is 0 Å². The van der Waals surface area contributed by atoms with Gasteiger partial charge in [-0.1, -0.05) is 6.07 Å². The predicted octanol–water partition coefficient (Wildman–Crippen LogP) is 6.03. The van der Waals surface area contributed by atoms with E-state index in [9.17, 15) is 0 Å². The fourth-order valence-corrected chi connectivity index (χ4v) is 3.73.